The van der Waals surface area contributed by atoms with E-state index < -0.39 is 0 Å². The Morgan fingerprint density at radius 3 is 1.55 bits per heavy atom. The van der Waals surface area contributed by atoms with Gasteiger partial charge in [-0.05, 0) is 24.3 Å². The van der Waals surface area contributed by atoms with Crippen molar-refractivity contribution in [3.05, 3.63) is 60.7 Å². The summed E-state index contributed by atoms with van der Waals surface area (Å²) < 4.78 is 11.4. The van der Waals surface area contributed by atoms with Gasteiger partial charge in [0, 0.05) is 19.6 Å². The average Bonchev–Trinajstić information content (AvgIpc) is 2.57. The molecule has 0 unspecified atom stereocenters. The van der Waals surface area contributed by atoms with E-state index in [4.69, 9.17) is 14.6 Å². The Balaban J connectivity index is 1.68. The molecule has 0 aliphatic rings. The lowest BCUT2D eigenvalue weighted by atomic mass is 10.3. The van der Waals surface area contributed by atoms with Gasteiger partial charge in [-0.2, -0.15) is 0 Å². The zero-order valence-corrected chi connectivity index (χ0v) is 12.7. The van der Waals surface area contributed by atoms with Crippen molar-refractivity contribution in [1.82, 2.24) is 4.90 Å². The molecule has 0 atom stereocenters. The lowest BCUT2D eigenvalue weighted by molar-refractivity contribution is 0.147. The number of hydrogen-bond acceptors (Lipinski definition) is 4. The van der Waals surface area contributed by atoms with E-state index in [-0.39, 0.29) is 6.61 Å². The highest BCUT2D eigenvalue weighted by Gasteiger charge is 2.05. The molecular weight excluding hydrogens is 278 g/mol. The fraction of sp³-hybridized carbons (Fsp3) is 0.333. The van der Waals surface area contributed by atoms with Crippen LogP contribution < -0.4 is 9.47 Å². The Hall–Kier alpha value is -2.04. The monoisotopic (exact) mass is 301 g/mol. The lowest BCUT2D eigenvalue weighted by Gasteiger charge is -2.21. The molecular formula is C18H23NO3. The Morgan fingerprint density at radius 1 is 0.682 bits per heavy atom. The average molecular weight is 301 g/mol. The molecule has 4 heteroatoms. The van der Waals surface area contributed by atoms with Crippen molar-refractivity contribution in [1.29, 1.82) is 0 Å². The second-order valence-electron chi connectivity index (χ2n) is 4.89. The molecule has 118 valence electrons. The lowest BCUT2D eigenvalue weighted by Crippen LogP contribution is -2.34. The number of hydrogen-bond donors (Lipinski definition) is 1. The normalized spacial score (nSPS) is 10.6. The molecule has 0 aliphatic carbocycles. The second-order valence-corrected chi connectivity index (χ2v) is 4.89. The quantitative estimate of drug-likeness (QED) is 0.732. The van der Waals surface area contributed by atoms with E-state index in [0.717, 1.165) is 24.6 Å². The van der Waals surface area contributed by atoms with Gasteiger partial charge in [0.25, 0.3) is 0 Å². The first-order valence-electron chi connectivity index (χ1n) is 7.57. The standard InChI is InChI=1S/C18H23NO3/c20-14-11-19(12-15-21-17-7-3-1-4-8-17)13-16-22-18-9-5-2-6-10-18/h1-10,20H,11-16H2. The van der Waals surface area contributed by atoms with Crippen LogP contribution in [0.2, 0.25) is 0 Å². The zero-order chi connectivity index (χ0) is 15.5. The van der Waals surface area contributed by atoms with Crippen molar-refractivity contribution in [2.75, 3.05) is 39.5 Å². The summed E-state index contributed by atoms with van der Waals surface area (Å²) >= 11 is 0. The van der Waals surface area contributed by atoms with Crippen molar-refractivity contribution >= 4 is 0 Å². The van der Waals surface area contributed by atoms with E-state index in [9.17, 15) is 0 Å². The maximum atomic E-state index is 9.15. The minimum atomic E-state index is 0.136. The van der Waals surface area contributed by atoms with Crippen molar-refractivity contribution in [3.8, 4) is 11.5 Å². The highest BCUT2D eigenvalue weighted by atomic mass is 16.5. The van der Waals surface area contributed by atoms with E-state index >= 15 is 0 Å². The fourth-order valence-corrected chi connectivity index (χ4v) is 2.10. The second kappa shape index (κ2) is 9.82. The first-order chi connectivity index (χ1) is 10.9. The molecule has 4 nitrogen and oxygen atoms in total. The molecule has 2 rings (SSSR count). The molecule has 0 aromatic heterocycles. The molecule has 1 N–H and O–H groups in total. The van der Waals surface area contributed by atoms with Crippen LogP contribution in [-0.2, 0) is 0 Å². The summed E-state index contributed by atoms with van der Waals surface area (Å²) in [5.74, 6) is 1.74. The molecule has 2 aromatic carbocycles. The first kappa shape index (κ1) is 16.3. The van der Waals surface area contributed by atoms with Crippen LogP contribution in [0, 0.1) is 0 Å². The van der Waals surface area contributed by atoms with Crippen LogP contribution >= 0.6 is 0 Å². The van der Waals surface area contributed by atoms with Crippen LogP contribution in [0.4, 0.5) is 0 Å². The Kier molecular flexibility index (Phi) is 7.29. The van der Waals surface area contributed by atoms with Gasteiger partial charge in [0.05, 0.1) is 6.61 Å². The maximum absolute atomic E-state index is 9.15. The molecule has 0 amide bonds. The largest absolute Gasteiger partial charge is 0.492 e. The third kappa shape index (κ3) is 6.16. The third-order valence-corrected chi connectivity index (χ3v) is 3.26. The minimum absolute atomic E-state index is 0.136. The summed E-state index contributed by atoms with van der Waals surface area (Å²) in [6, 6.07) is 19.5. The minimum Gasteiger partial charge on any atom is -0.492 e. The number of aliphatic hydroxyl groups is 1. The molecule has 0 radical (unpaired) electrons. The molecule has 2 aromatic rings. The zero-order valence-electron chi connectivity index (χ0n) is 12.7. The van der Waals surface area contributed by atoms with Gasteiger partial charge in [0.15, 0.2) is 0 Å². The molecule has 0 fully saturated rings. The summed E-state index contributed by atoms with van der Waals surface area (Å²) in [5.41, 5.74) is 0. The van der Waals surface area contributed by atoms with E-state index in [1.54, 1.807) is 0 Å². The number of aliphatic hydroxyl groups excluding tert-OH is 1. The van der Waals surface area contributed by atoms with Gasteiger partial charge in [-0.25, -0.2) is 0 Å². The number of nitrogens with zero attached hydrogens (tertiary/aromatic N) is 1. The van der Waals surface area contributed by atoms with Crippen molar-refractivity contribution in [2.45, 2.75) is 0 Å². The fourth-order valence-electron chi connectivity index (χ4n) is 2.10. The first-order valence-corrected chi connectivity index (χ1v) is 7.57. The molecule has 0 aliphatic heterocycles. The van der Waals surface area contributed by atoms with Gasteiger partial charge < -0.3 is 14.6 Å². The van der Waals surface area contributed by atoms with Crippen molar-refractivity contribution < 1.29 is 14.6 Å². The van der Waals surface area contributed by atoms with E-state index in [2.05, 4.69) is 4.90 Å². The van der Waals surface area contributed by atoms with Gasteiger partial charge in [-0.3, -0.25) is 4.90 Å². The van der Waals surface area contributed by atoms with Crippen LogP contribution in [-0.4, -0.2) is 49.5 Å². The Labute approximate surface area is 131 Å². The third-order valence-electron chi connectivity index (χ3n) is 3.26. The Bertz CT molecular complexity index is 459. The summed E-state index contributed by atoms with van der Waals surface area (Å²) in [7, 11) is 0. The predicted molar refractivity (Wildman–Crippen MR) is 87.4 cm³/mol. The maximum Gasteiger partial charge on any atom is 0.119 e. The van der Waals surface area contributed by atoms with Gasteiger partial charge in [0.2, 0.25) is 0 Å². The highest BCUT2D eigenvalue weighted by Crippen LogP contribution is 2.09. The van der Waals surface area contributed by atoms with Crippen LogP contribution in [0.1, 0.15) is 0 Å². The Morgan fingerprint density at radius 2 is 1.14 bits per heavy atom. The van der Waals surface area contributed by atoms with Gasteiger partial charge in [0.1, 0.15) is 24.7 Å². The molecule has 0 heterocycles. The molecule has 0 saturated heterocycles. The smallest absolute Gasteiger partial charge is 0.119 e. The molecule has 22 heavy (non-hydrogen) atoms. The molecule has 0 spiro atoms. The van der Waals surface area contributed by atoms with Crippen LogP contribution in [0.5, 0.6) is 11.5 Å². The number of para-hydroxylation sites is 2. The van der Waals surface area contributed by atoms with Crippen LogP contribution in [0.15, 0.2) is 60.7 Å². The van der Waals surface area contributed by atoms with Crippen LogP contribution in [0.3, 0.4) is 0 Å². The van der Waals surface area contributed by atoms with E-state index in [1.165, 1.54) is 0 Å². The summed E-state index contributed by atoms with van der Waals surface area (Å²) in [5, 5.41) is 9.15. The van der Waals surface area contributed by atoms with Gasteiger partial charge in [-0.1, -0.05) is 36.4 Å². The topological polar surface area (TPSA) is 41.9 Å². The van der Waals surface area contributed by atoms with Crippen molar-refractivity contribution in [2.24, 2.45) is 0 Å². The predicted octanol–water partition coefficient (Wildman–Crippen LogP) is 2.44. The molecule has 0 bridgehead atoms. The van der Waals surface area contributed by atoms with Gasteiger partial charge >= 0.3 is 0 Å². The molecule has 0 saturated carbocycles. The van der Waals surface area contributed by atoms with E-state index in [1.807, 2.05) is 60.7 Å². The number of benzene rings is 2. The van der Waals surface area contributed by atoms with Crippen molar-refractivity contribution in [3.63, 3.8) is 0 Å². The number of ether oxygens (including phenoxy) is 2. The summed E-state index contributed by atoms with van der Waals surface area (Å²) in [6.07, 6.45) is 0. The highest BCUT2D eigenvalue weighted by molar-refractivity contribution is 5.21. The SMILES string of the molecule is OCCN(CCOc1ccccc1)CCOc1ccccc1. The summed E-state index contributed by atoms with van der Waals surface area (Å²) in [4.78, 5) is 2.13. The van der Waals surface area contributed by atoms with Gasteiger partial charge in [-0.15, -0.1) is 0 Å². The number of rotatable bonds is 10. The summed E-state index contributed by atoms with van der Waals surface area (Å²) in [6.45, 7) is 3.46. The van der Waals surface area contributed by atoms with E-state index in [0.29, 0.717) is 19.8 Å². The van der Waals surface area contributed by atoms with Crippen LogP contribution in [0.25, 0.3) is 0 Å².